The van der Waals surface area contributed by atoms with Crippen molar-refractivity contribution in [3.05, 3.63) is 58.4 Å². The van der Waals surface area contributed by atoms with Crippen LogP contribution in [0.5, 0.6) is 17.2 Å². The summed E-state index contributed by atoms with van der Waals surface area (Å²) < 4.78 is 23.8. The second-order valence-electron chi connectivity index (χ2n) is 16.4. The van der Waals surface area contributed by atoms with E-state index in [4.69, 9.17) is 24.0 Å². The van der Waals surface area contributed by atoms with Gasteiger partial charge in [0.2, 0.25) is 0 Å². The monoisotopic (exact) mass is 820 g/mol. The summed E-state index contributed by atoms with van der Waals surface area (Å²) >= 11 is 0. The smallest absolute Gasteiger partial charge is 0.312 e. The Morgan fingerprint density at radius 3 is 2.24 bits per heavy atom. The van der Waals surface area contributed by atoms with Crippen LogP contribution >= 0.6 is 0 Å². The zero-order valence-corrected chi connectivity index (χ0v) is 35.9. The second kappa shape index (κ2) is 18.1. The number of phenols is 2. The van der Waals surface area contributed by atoms with Crippen molar-refractivity contribution < 1.29 is 53.8 Å². The number of piperazine rings is 1. The lowest BCUT2D eigenvalue weighted by molar-refractivity contribution is -0.160. The Morgan fingerprint density at radius 2 is 1.61 bits per heavy atom. The fourth-order valence-electron chi connectivity index (χ4n) is 8.17. The number of nitrogens with zero attached hydrogens (tertiary/aromatic N) is 3. The van der Waals surface area contributed by atoms with Crippen LogP contribution in [0.1, 0.15) is 75.5 Å². The molecule has 4 aliphatic rings. The van der Waals surface area contributed by atoms with E-state index in [9.17, 15) is 34.8 Å². The van der Waals surface area contributed by atoms with E-state index in [1.807, 2.05) is 12.1 Å². The number of Topliss-reactive ketones (excluding diaryl/α,β-unsaturated/α-hetero) is 1. The molecule has 4 aliphatic heterocycles. The Hall–Kier alpha value is -4.96. The number of aryl methyl sites for hydroxylation is 1. The van der Waals surface area contributed by atoms with E-state index in [1.54, 1.807) is 72.8 Å². The number of likely N-dealkylation sites (N-methyl/N-ethyl adjacent to an activating group) is 1. The van der Waals surface area contributed by atoms with Crippen LogP contribution in [0.3, 0.4) is 0 Å². The topological polar surface area (TPSA) is 200 Å². The summed E-state index contributed by atoms with van der Waals surface area (Å²) in [7, 11) is 3.49. The summed E-state index contributed by atoms with van der Waals surface area (Å²) in [6, 6.07) is 0. The van der Waals surface area contributed by atoms with E-state index in [-0.39, 0.29) is 44.7 Å². The van der Waals surface area contributed by atoms with Crippen LogP contribution in [0, 0.1) is 37.5 Å². The molecule has 2 aromatic carbocycles. The predicted octanol–water partition coefficient (Wildman–Crippen LogP) is 4.94. The number of anilines is 1. The number of esters is 1. The highest BCUT2D eigenvalue weighted by Crippen LogP contribution is 2.53. The van der Waals surface area contributed by atoms with E-state index in [0.29, 0.717) is 24.2 Å². The number of hydrogen-bond acceptors (Lipinski definition) is 14. The molecular formula is C44H60N4O11. The number of allylic oxidation sites excluding steroid dienone is 2. The fourth-order valence-corrected chi connectivity index (χ4v) is 8.17. The van der Waals surface area contributed by atoms with Gasteiger partial charge in [-0.05, 0) is 39.5 Å². The van der Waals surface area contributed by atoms with Gasteiger partial charge < -0.3 is 49.6 Å². The minimum atomic E-state index is -1.93. The maximum Gasteiger partial charge on any atom is 0.312 e. The maximum atomic E-state index is 14.5. The van der Waals surface area contributed by atoms with Crippen molar-refractivity contribution in [1.82, 2.24) is 9.91 Å². The Bertz CT molecular complexity index is 2070. The Morgan fingerprint density at radius 1 is 0.949 bits per heavy atom. The standard InChI is InChI=1S/C44H60N4O11/c1-22-13-12-14-23(2)43(55)46-35-30(21-45-48-18-16-47(10)17-19-48)24(3)32-33(39(35)53)38(52)28(7)41-34(32)42(54)44(9,59-41)57-20-15-31(56-11)25(4)40(58-29(8)49)27(6)37(51)26(5)36(22)50/h12-15,20-22,25-27,31,36-37,40,50-53H,16-19H2,1-11H3,(H,46,55)/b13-12+,20-15+,23-14-,45-21+/t22-,25+,26+,27+,31-,36-,37+,40+,44-/m0/s1. The summed E-state index contributed by atoms with van der Waals surface area (Å²) in [4.78, 5) is 42.9. The number of methoxy groups -OCH3 is 1. The Balaban J connectivity index is 1.70. The second-order valence-corrected chi connectivity index (χ2v) is 16.4. The molecule has 1 fully saturated rings. The van der Waals surface area contributed by atoms with Gasteiger partial charge >= 0.3 is 11.8 Å². The molecule has 0 aromatic heterocycles. The molecule has 0 unspecified atom stereocenters. The number of aliphatic hydroxyl groups is 2. The lowest BCUT2D eigenvalue weighted by Crippen LogP contribution is -2.46. The van der Waals surface area contributed by atoms with Crippen LogP contribution in [-0.2, 0) is 23.8 Å². The lowest BCUT2D eigenvalue weighted by atomic mass is 9.78. The minimum absolute atomic E-state index is 0.0143. The molecule has 0 radical (unpaired) electrons. The molecule has 5 N–H and O–H groups in total. The van der Waals surface area contributed by atoms with Crippen LogP contribution in [0.15, 0.2) is 41.2 Å². The van der Waals surface area contributed by atoms with Crippen molar-refractivity contribution in [3.63, 3.8) is 0 Å². The van der Waals surface area contributed by atoms with Crippen LogP contribution in [-0.4, -0.2) is 125 Å². The molecule has 0 saturated carbocycles. The first-order valence-corrected chi connectivity index (χ1v) is 20.1. The zero-order valence-electron chi connectivity index (χ0n) is 35.9. The van der Waals surface area contributed by atoms with E-state index in [0.717, 1.165) is 13.1 Å². The molecule has 4 heterocycles. The number of ketones is 1. The predicted molar refractivity (Wildman–Crippen MR) is 224 cm³/mol. The van der Waals surface area contributed by atoms with Crippen LogP contribution in [0.4, 0.5) is 5.69 Å². The molecule has 0 aliphatic carbocycles. The van der Waals surface area contributed by atoms with Gasteiger partial charge in [-0.2, -0.15) is 5.10 Å². The number of benzene rings is 2. The van der Waals surface area contributed by atoms with Gasteiger partial charge in [0.1, 0.15) is 17.6 Å². The number of amides is 1. The van der Waals surface area contributed by atoms with Gasteiger partial charge in [0, 0.05) is 92.9 Å². The number of nitrogens with one attached hydrogen (secondary N) is 1. The van der Waals surface area contributed by atoms with Crippen molar-refractivity contribution in [2.45, 2.75) is 92.5 Å². The van der Waals surface area contributed by atoms with Crippen molar-refractivity contribution in [3.8, 4) is 17.2 Å². The zero-order chi connectivity index (χ0) is 43.7. The third-order valence-electron chi connectivity index (χ3n) is 12.2. The highest BCUT2D eigenvalue weighted by molar-refractivity contribution is 6.22. The molecule has 0 spiro atoms. The fraction of sp³-hybridized carbons (Fsp3) is 0.545. The van der Waals surface area contributed by atoms with Crippen LogP contribution in [0.2, 0.25) is 0 Å². The number of rotatable bonds is 4. The molecule has 59 heavy (non-hydrogen) atoms. The number of hydrazone groups is 1. The third-order valence-corrected chi connectivity index (χ3v) is 12.2. The van der Waals surface area contributed by atoms with Crippen molar-refractivity contribution in [2.75, 3.05) is 45.7 Å². The molecule has 15 nitrogen and oxygen atoms in total. The van der Waals surface area contributed by atoms with Gasteiger partial charge in [-0.15, -0.1) is 0 Å². The minimum Gasteiger partial charge on any atom is -0.507 e. The van der Waals surface area contributed by atoms with Gasteiger partial charge in [-0.25, -0.2) is 0 Å². The molecular weight excluding hydrogens is 761 g/mol. The number of aromatic hydroxyl groups is 2. The number of phenolic OH excluding ortho intramolecular Hbond substituents is 2. The molecule has 2 aromatic rings. The first-order chi connectivity index (χ1) is 27.7. The number of fused-ring (bicyclic) bond motifs is 14. The Labute approximate surface area is 345 Å². The summed E-state index contributed by atoms with van der Waals surface area (Å²) in [6.07, 6.45) is 5.49. The average molecular weight is 821 g/mol. The molecule has 1 amide bonds. The van der Waals surface area contributed by atoms with Crippen LogP contribution in [0.25, 0.3) is 10.8 Å². The number of hydrogen-bond donors (Lipinski definition) is 5. The number of carbonyl (C=O) groups excluding carboxylic acids is 3. The SMILES string of the molecule is CO[C@H]1/C=C/O[C@@]2(C)Oc3c(C)c(O)c4c(O)c(c(/C=N/N5CCN(C)CC5)c(C)c4c3C2=O)NC(=O)/C(C)=C\C=C\[C@H](C)[C@H](O)[C@@H](C)[C@@H](O)[C@@H](C)[C@H](OC(C)=O)[C@@H]1C. The van der Waals surface area contributed by atoms with Crippen molar-refractivity contribution >= 4 is 40.3 Å². The van der Waals surface area contributed by atoms with Gasteiger partial charge in [-0.3, -0.25) is 19.4 Å². The maximum absolute atomic E-state index is 14.5. The van der Waals surface area contributed by atoms with E-state index >= 15 is 0 Å². The van der Waals surface area contributed by atoms with Crippen LogP contribution < -0.4 is 10.1 Å². The molecule has 1 saturated heterocycles. The van der Waals surface area contributed by atoms with Crippen molar-refractivity contribution in [2.24, 2.45) is 28.8 Å². The highest BCUT2D eigenvalue weighted by atomic mass is 16.7. The van der Waals surface area contributed by atoms with E-state index in [2.05, 4.69) is 10.2 Å². The third kappa shape index (κ3) is 8.98. The van der Waals surface area contributed by atoms with Gasteiger partial charge in [0.25, 0.3) is 11.7 Å². The average Bonchev–Trinajstić information content (AvgIpc) is 3.46. The summed E-state index contributed by atoms with van der Waals surface area (Å²) in [5.74, 6) is -6.78. The molecule has 5 bridgehead atoms. The Kier molecular flexibility index (Phi) is 13.9. The molecule has 322 valence electrons. The molecule has 9 atom stereocenters. The highest BCUT2D eigenvalue weighted by Gasteiger charge is 2.49. The van der Waals surface area contributed by atoms with Gasteiger partial charge in [-0.1, -0.05) is 45.9 Å². The summed E-state index contributed by atoms with van der Waals surface area (Å²) in [6.45, 7) is 17.4. The number of carbonyl (C=O) groups is 3. The van der Waals surface area contributed by atoms with E-state index in [1.165, 1.54) is 33.4 Å². The lowest BCUT2D eigenvalue weighted by Gasteiger charge is -2.38. The van der Waals surface area contributed by atoms with Gasteiger partial charge in [0.05, 0.1) is 47.4 Å². The number of aliphatic hydroxyl groups excluding tert-OH is 2. The quantitative estimate of drug-likeness (QED) is 0.158. The number of ether oxygens (including phenoxy) is 4. The van der Waals surface area contributed by atoms with Gasteiger partial charge in [0.15, 0.2) is 5.75 Å². The molecule has 15 heteroatoms. The summed E-state index contributed by atoms with van der Waals surface area (Å²) in [5.41, 5.74) is 1.22. The normalized spacial score (nSPS) is 32.1. The first kappa shape index (κ1) is 45.1. The largest absolute Gasteiger partial charge is 0.507 e. The summed E-state index contributed by atoms with van der Waals surface area (Å²) in [5, 5.41) is 56.2. The van der Waals surface area contributed by atoms with E-state index < -0.39 is 77.3 Å². The molecule has 6 rings (SSSR count). The first-order valence-electron chi connectivity index (χ1n) is 20.1. The van der Waals surface area contributed by atoms with Crippen molar-refractivity contribution in [1.29, 1.82) is 0 Å².